The van der Waals surface area contributed by atoms with E-state index in [0.29, 0.717) is 12.6 Å². The summed E-state index contributed by atoms with van der Waals surface area (Å²) in [5.41, 5.74) is 2.66. The second kappa shape index (κ2) is 7.36. The minimum Gasteiger partial charge on any atom is -0.360 e. The first kappa shape index (κ1) is 14.9. The Kier molecular flexibility index (Phi) is 5.49. The van der Waals surface area contributed by atoms with E-state index in [0.717, 1.165) is 25.4 Å². The molecule has 2 rings (SSSR count). The van der Waals surface area contributed by atoms with Gasteiger partial charge in [-0.05, 0) is 50.3 Å². The number of hydrogen-bond donors (Lipinski definition) is 1. The SMILES string of the molecule is C#CCN(CC1CC1)c1ccccc1C(C)NCCC. The van der Waals surface area contributed by atoms with Crippen molar-refractivity contribution in [2.45, 2.75) is 39.2 Å². The summed E-state index contributed by atoms with van der Waals surface area (Å²) in [5, 5.41) is 3.58. The number of terminal acetylenes is 1. The molecule has 0 aromatic heterocycles. The zero-order chi connectivity index (χ0) is 14.4. The van der Waals surface area contributed by atoms with Gasteiger partial charge in [0.1, 0.15) is 0 Å². The summed E-state index contributed by atoms with van der Waals surface area (Å²) in [5.74, 6) is 3.66. The second-order valence-corrected chi connectivity index (χ2v) is 5.76. The summed E-state index contributed by atoms with van der Waals surface area (Å²) in [4.78, 5) is 2.37. The van der Waals surface area contributed by atoms with Gasteiger partial charge in [-0.25, -0.2) is 0 Å². The average Bonchev–Trinajstić information content (AvgIpc) is 3.28. The summed E-state index contributed by atoms with van der Waals surface area (Å²) < 4.78 is 0. The summed E-state index contributed by atoms with van der Waals surface area (Å²) in [7, 11) is 0. The van der Waals surface area contributed by atoms with E-state index >= 15 is 0 Å². The maximum Gasteiger partial charge on any atom is 0.0791 e. The lowest BCUT2D eigenvalue weighted by molar-refractivity contribution is 0.569. The highest BCUT2D eigenvalue weighted by atomic mass is 15.1. The third-order valence-corrected chi connectivity index (χ3v) is 3.90. The van der Waals surface area contributed by atoms with Gasteiger partial charge in [0, 0.05) is 18.3 Å². The van der Waals surface area contributed by atoms with Crippen molar-refractivity contribution in [2.75, 3.05) is 24.5 Å². The molecule has 0 aliphatic heterocycles. The Bertz CT molecular complexity index is 457. The maximum absolute atomic E-state index is 5.56. The Hall–Kier alpha value is -1.46. The maximum atomic E-state index is 5.56. The fourth-order valence-electron chi connectivity index (χ4n) is 2.58. The van der Waals surface area contributed by atoms with Crippen molar-refractivity contribution in [1.82, 2.24) is 5.32 Å². The van der Waals surface area contributed by atoms with Crippen LogP contribution in [0.2, 0.25) is 0 Å². The molecule has 2 nitrogen and oxygen atoms in total. The topological polar surface area (TPSA) is 15.3 Å². The molecule has 1 N–H and O–H groups in total. The van der Waals surface area contributed by atoms with Gasteiger partial charge >= 0.3 is 0 Å². The molecule has 2 heteroatoms. The molecule has 1 aliphatic carbocycles. The summed E-state index contributed by atoms with van der Waals surface area (Å²) in [6, 6.07) is 9.03. The van der Waals surface area contributed by atoms with E-state index in [-0.39, 0.29) is 0 Å². The number of hydrogen-bond acceptors (Lipinski definition) is 2. The number of benzene rings is 1. The van der Waals surface area contributed by atoms with E-state index in [2.05, 4.69) is 54.3 Å². The number of anilines is 1. The molecule has 1 aromatic carbocycles. The Labute approximate surface area is 123 Å². The highest BCUT2D eigenvalue weighted by Gasteiger charge is 2.25. The molecule has 108 valence electrons. The van der Waals surface area contributed by atoms with Gasteiger partial charge in [0.15, 0.2) is 0 Å². The van der Waals surface area contributed by atoms with E-state index in [1.807, 2.05) is 0 Å². The Morgan fingerprint density at radius 3 is 2.80 bits per heavy atom. The lowest BCUT2D eigenvalue weighted by atomic mass is 10.0. The van der Waals surface area contributed by atoms with E-state index in [9.17, 15) is 0 Å². The Balaban J connectivity index is 2.17. The number of rotatable bonds is 8. The molecule has 1 unspecified atom stereocenters. The molecule has 0 spiro atoms. The third kappa shape index (κ3) is 4.02. The van der Waals surface area contributed by atoms with Crippen LogP contribution in [0.3, 0.4) is 0 Å². The van der Waals surface area contributed by atoms with Crippen LogP contribution in [0.25, 0.3) is 0 Å². The molecule has 20 heavy (non-hydrogen) atoms. The Morgan fingerprint density at radius 1 is 1.40 bits per heavy atom. The van der Waals surface area contributed by atoms with Crippen LogP contribution >= 0.6 is 0 Å². The smallest absolute Gasteiger partial charge is 0.0791 e. The molecule has 0 heterocycles. The summed E-state index contributed by atoms with van der Waals surface area (Å²) in [6.45, 7) is 7.28. The summed E-state index contributed by atoms with van der Waals surface area (Å²) >= 11 is 0. The van der Waals surface area contributed by atoms with Gasteiger partial charge in [-0.15, -0.1) is 6.42 Å². The van der Waals surface area contributed by atoms with Gasteiger partial charge in [0.2, 0.25) is 0 Å². The lowest BCUT2D eigenvalue weighted by Gasteiger charge is -2.27. The minimum absolute atomic E-state index is 0.366. The average molecular weight is 270 g/mol. The van der Waals surface area contributed by atoms with Gasteiger partial charge < -0.3 is 10.2 Å². The largest absolute Gasteiger partial charge is 0.360 e. The molecule has 1 fully saturated rings. The molecule has 1 aromatic rings. The molecular formula is C18H26N2. The summed E-state index contributed by atoms with van der Waals surface area (Å²) in [6.07, 6.45) is 9.43. The van der Waals surface area contributed by atoms with Crippen LogP contribution < -0.4 is 10.2 Å². The zero-order valence-electron chi connectivity index (χ0n) is 12.7. The fraction of sp³-hybridized carbons (Fsp3) is 0.556. The highest BCUT2D eigenvalue weighted by molar-refractivity contribution is 5.56. The molecule has 1 atom stereocenters. The van der Waals surface area contributed by atoms with Crippen molar-refractivity contribution < 1.29 is 0 Å². The molecule has 1 saturated carbocycles. The van der Waals surface area contributed by atoms with Crippen LogP contribution in [-0.2, 0) is 0 Å². The monoisotopic (exact) mass is 270 g/mol. The first-order chi connectivity index (χ1) is 9.76. The van der Waals surface area contributed by atoms with Crippen molar-refractivity contribution in [3.63, 3.8) is 0 Å². The molecule has 1 aliphatic rings. The second-order valence-electron chi connectivity index (χ2n) is 5.76. The molecular weight excluding hydrogens is 244 g/mol. The van der Waals surface area contributed by atoms with E-state index in [1.54, 1.807) is 0 Å². The van der Waals surface area contributed by atoms with Gasteiger partial charge in [-0.3, -0.25) is 0 Å². The van der Waals surface area contributed by atoms with Crippen LogP contribution in [0.4, 0.5) is 5.69 Å². The van der Waals surface area contributed by atoms with E-state index in [4.69, 9.17) is 6.42 Å². The van der Waals surface area contributed by atoms with Crippen molar-refractivity contribution in [3.8, 4) is 12.3 Å². The van der Waals surface area contributed by atoms with E-state index in [1.165, 1.54) is 24.1 Å². The van der Waals surface area contributed by atoms with Crippen LogP contribution in [0, 0.1) is 18.3 Å². The number of nitrogens with one attached hydrogen (secondary N) is 1. The van der Waals surface area contributed by atoms with Gasteiger partial charge in [-0.1, -0.05) is 31.0 Å². The van der Waals surface area contributed by atoms with Crippen LogP contribution in [0.5, 0.6) is 0 Å². The van der Waals surface area contributed by atoms with Gasteiger partial charge in [0.25, 0.3) is 0 Å². The molecule has 0 amide bonds. The van der Waals surface area contributed by atoms with Gasteiger partial charge in [-0.2, -0.15) is 0 Å². The van der Waals surface area contributed by atoms with Crippen LogP contribution in [0.1, 0.15) is 44.7 Å². The standard InChI is InChI=1S/C18H26N2/c1-4-12-19-15(3)17-8-6-7-9-18(17)20(13-5-2)14-16-10-11-16/h2,6-9,15-16,19H,4,10-14H2,1,3H3. The molecule has 0 saturated heterocycles. The fourth-order valence-corrected chi connectivity index (χ4v) is 2.58. The predicted octanol–water partition coefficient (Wildman–Crippen LogP) is 3.60. The predicted molar refractivity (Wildman–Crippen MR) is 86.9 cm³/mol. The molecule has 0 bridgehead atoms. The van der Waals surface area contributed by atoms with E-state index < -0.39 is 0 Å². The van der Waals surface area contributed by atoms with Gasteiger partial charge in [0.05, 0.1) is 6.54 Å². The minimum atomic E-state index is 0.366. The van der Waals surface area contributed by atoms with Crippen molar-refractivity contribution >= 4 is 5.69 Å². The quantitative estimate of drug-likeness (QED) is 0.726. The zero-order valence-corrected chi connectivity index (χ0v) is 12.7. The van der Waals surface area contributed by atoms with Crippen molar-refractivity contribution in [3.05, 3.63) is 29.8 Å². The van der Waals surface area contributed by atoms with Crippen LogP contribution in [0.15, 0.2) is 24.3 Å². The van der Waals surface area contributed by atoms with Crippen molar-refractivity contribution in [1.29, 1.82) is 0 Å². The normalized spacial score (nSPS) is 15.7. The highest BCUT2D eigenvalue weighted by Crippen LogP contribution is 2.33. The third-order valence-electron chi connectivity index (χ3n) is 3.90. The number of para-hydroxylation sites is 1. The Morgan fingerprint density at radius 2 is 2.15 bits per heavy atom. The number of nitrogens with zero attached hydrogens (tertiary/aromatic N) is 1. The lowest BCUT2D eigenvalue weighted by Crippen LogP contribution is -2.29. The van der Waals surface area contributed by atoms with Crippen molar-refractivity contribution in [2.24, 2.45) is 5.92 Å². The molecule has 0 radical (unpaired) electrons. The first-order valence-electron chi connectivity index (χ1n) is 7.77. The first-order valence-corrected chi connectivity index (χ1v) is 7.77. The van der Waals surface area contributed by atoms with Crippen LogP contribution in [-0.4, -0.2) is 19.6 Å².